The van der Waals surface area contributed by atoms with E-state index in [1.54, 1.807) is 11.9 Å². The number of nitrogens with two attached hydrogens (primary N) is 1. The van der Waals surface area contributed by atoms with Crippen LogP contribution in [-0.2, 0) is 0 Å². The minimum atomic E-state index is 0.469. The maximum absolute atomic E-state index is 5.98. The number of hydrogen-bond donors (Lipinski definition) is 3. The lowest BCUT2D eigenvalue weighted by Crippen LogP contribution is -2.13. The number of nitrogens with zero attached hydrogens (tertiary/aromatic N) is 2. The number of fused-ring (bicyclic) bond motifs is 1. The molecule has 0 radical (unpaired) electrons. The molecule has 0 atom stereocenters. The van der Waals surface area contributed by atoms with Gasteiger partial charge in [-0.25, -0.2) is 9.97 Å². The van der Waals surface area contributed by atoms with Crippen molar-refractivity contribution in [2.24, 2.45) is 0 Å². The molecule has 3 rings (SSSR count). The molecule has 0 aliphatic rings. The lowest BCUT2D eigenvalue weighted by atomic mass is 10.1. The van der Waals surface area contributed by atoms with Crippen LogP contribution < -0.4 is 15.2 Å². The van der Waals surface area contributed by atoms with Gasteiger partial charge in [0.2, 0.25) is 0 Å². The van der Waals surface area contributed by atoms with Crippen molar-refractivity contribution >= 4 is 28.8 Å². The number of benzene rings is 1. The highest BCUT2D eigenvalue weighted by Gasteiger charge is 2.11. The second kappa shape index (κ2) is 6.67. The van der Waals surface area contributed by atoms with Crippen molar-refractivity contribution in [1.29, 1.82) is 0 Å². The molecular formula is C15H17N5OS. The summed E-state index contributed by atoms with van der Waals surface area (Å²) in [7, 11) is 0. The van der Waals surface area contributed by atoms with Gasteiger partial charge in [-0.3, -0.25) is 4.72 Å². The fourth-order valence-electron chi connectivity index (χ4n) is 2.28. The number of aromatic amines is 1. The first-order valence-electron chi connectivity index (χ1n) is 6.86. The van der Waals surface area contributed by atoms with Crippen LogP contribution in [0.1, 0.15) is 0 Å². The molecule has 4 N–H and O–H groups in total. The Morgan fingerprint density at radius 3 is 3.14 bits per heavy atom. The van der Waals surface area contributed by atoms with Gasteiger partial charge < -0.3 is 15.5 Å². The van der Waals surface area contributed by atoms with Gasteiger partial charge in [-0.15, -0.1) is 0 Å². The molecule has 22 heavy (non-hydrogen) atoms. The number of nitrogens with one attached hydrogen (secondary N) is 2. The normalized spacial score (nSPS) is 11.0. The van der Waals surface area contributed by atoms with Crippen LogP contribution in [0.4, 0.5) is 5.82 Å². The summed E-state index contributed by atoms with van der Waals surface area (Å²) in [6.45, 7) is 1.41. The third-order valence-corrected chi connectivity index (χ3v) is 3.75. The molecule has 114 valence electrons. The quantitative estimate of drug-likeness (QED) is 0.478. The van der Waals surface area contributed by atoms with Crippen LogP contribution >= 0.6 is 11.9 Å². The number of aromatic nitrogens is 3. The molecule has 0 saturated heterocycles. The zero-order chi connectivity index (χ0) is 15.4. The second-order valence-corrected chi connectivity index (χ2v) is 5.36. The molecule has 6 nitrogen and oxygen atoms in total. The maximum Gasteiger partial charge on any atom is 0.143 e. The Labute approximate surface area is 132 Å². The number of hydrogen-bond acceptors (Lipinski definition) is 6. The van der Waals surface area contributed by atoms with Gasteiger partial charge in [0.05, 0.1) is 5.39 Å². The number of ether oxygens (including phenoxy) is 1. The summed E-state index contributed by atoms with van der Waals surface area (Å²) in [6.07, 6.45) is 5.34. The SMILES string of the molecule is CSNCCOc1cccc(-c2c[nH]c3ncnc(N)c23)c1. The summed E-state index contributed by atoms with van der Waals surface area (Å²) in [5, 5.41) is 0.837. The van der Waals surface area contributed by atoms with Crippen LogP contribution in [0.15, 0.2) is 36.8 Å². The average Bonchev–Trinajstić information content (AvgIpc) is 2.97. The highest BCUT2D eigenvalue weighted by Crippen LogP contribution is 2.32. The van der Waals surface area contributed by atoms with Crippen LogP contribution in [0.2, 0.25) is 0 Å². The standard InChI is InChI=1S/C15H17N5OS/c1-22-20-5-6-21-11-4-2-3-10(7-11)12-8-17-15-13(12)14(16)18-9-19-15/h2-4,7-9,20H,5-6H2,1H3,(H3,16,17,18,19). The molecule has 0 fully saturated rings. The predicted octanol–water partition coefficient (Wildman–Crippen LogP) is 2.45. The summed E-state index contributed by atoms with van der Waals surface area (Å²) in [5.74, 6) is 1.29. The van der Waals surface area contributed by atoms with Crippen LogP contribution in [-0.4, -0.2) is 34.4 Å². The first-order chi connectivity index (χ1) is 10.8. The summed E-state index contributed by atoms with van der Waals surface area (Å²) in [5.41, 5.74) is 8.70. The van der Waals surface area contributed by atoms with Crippen molar-refractivity contribution in [1.82, 2.24) is 19.7 Å². The Kier molecular flexibility index (Phi) is 4.45. The highest BCUT2D eigenvalue weighted by molar-refractivity contribution is 7.96. The predicted molar refractivity (Wildman–Crippen MR) is 90.7 cm³/mol. The van der Waals surface area contributed by atoms with Crippen LogP contribution in [0.3, 0.4) is 0 Å². The lowest BCUT2D eigenvalue weighted by molar-refractivity contribution is 0.325. The zero-order valence-electron chi connectivity index (χ0n) is 12.2. The Morgan fingerprint density at radius 1 is 1.36 bits per heavy atom. The van der Waals surface area contributed by atoms with Crippen molar-refractivity contribution < 1.29 is 4.74 Å². The maximum atomic E-state index is 5.98. The van der Waals surface area contributed by atoms with Gasteiger partial charge in [0.25, 0.3) is 0 Å². The van der Waals surface area contributed by atoms with Crippen molar-refractivity contribution in [2.45, 2.75) is 0 Å². The first-order valence-corrected chi connectivity index (χ1v) is 8.08. The fraction of sp³-hybridized carbons (Fsp3) is 0.200. The Hall–Kier alpha value is -2.25. The summed E-state index contributed by atoms with van der Waals surface area (Å²) in [6, 6.07) is 7.92. The van der Waals surface area contributed by atoms with E-state index < -0.39 is 0 Å². The Bertz CT molecular complexity index is 773. The number of H-pyrrole nitrogens is 1. The summed E-state index contributed by atoms with van der Waals surface area (Å²) >= 11 is 1.58. The van der Waals surface area contributed by atoms with E-state index in [0.29, 0.717) is 12.4 Å². The highest BCUT2D eigenvalue weighted by atomic mass is 32.2. The Morgan fingerprint density at radius 2 is 2.27 bits per heavy atom. The molecule has 0 spiro atoms. The molecule has 2 heterocycles. The van der Waals surface area contributed by atoms with E-state index in [4.69, 9.17) is 10.5 Å². The molecule has 1 aromatic carbocycles. The van der Waals surface area contributed by atoms with E-state index in [1.807, 2.05) is 36.7 Å². The van der Waals surface area contributed by atoms with Gasteiger partial charge in [0.15, 0.2) is 0 Å². The zero-order valence-corrected chi connectivity index (χ0v) is 13.0. The van der Waals surface area contributed by atoms with E-state index in [0.717, 1.165) is 34.5 Å². The van der Waals surface area contributed by atoms with E-state index in [2.05, 4.69) is 19.7 Å². The number of rotatable bonds is 6. The average molecular weight is 315 g/mol. The summed E-state index contributed by atoms with van der Waals surface area (Å²) < 4.78 is 8.89. The largest absolute Gasteiger partial charge is 0.492 e. The third kappa shape index (κ3) is 3.00. The minimum absolute atomic E-state index is 0.469. The van der Waals surface area contributed by atoms with Crippen LogP contribution in [0, 0.1) is 0 Å². The monoisotopic (exact) mass is 315 g/mol. The molecular weight excluding hydrogens is 298 g/mol. The first kappa shape index (κ1) is 14.7. The molecule has 0 aliphatic heterocycles. The molecule has 7 heteroatoms. The molecule has 3 aromatic rings. The topological polar surface area (TPSA) is 88.8 Å². The van der Waals surface area contributed by atoms with Gasteiger partial charge in [-0.05, 0) is 24.0 Å². The molecule has 0 bridgehead atoms. The van der Waals surface area contributed by atoms with Crippen LogP contribution in [0.25, 0.3) is 22.2 Å². The van der Waals surface area contributed by atoms with Crippen molar-refractivity contribution in [3.8, 4) is 16.9 Å². The molecule has 2 aromatic heterocycles. The van der Waals surface area contributed by atoms with Gasteiger partial charge in [0, 0.05) is 18.3 Å². The van der Waals surface area contributed by atoms with Crippen LogP contribution in [0.5, 0.6) is 5.75 Å². The van der Waals surface area contributed by atoms with Gasteiger partial charge in [-0.2, -0.15) is 0 Å². The molecule has 0 saturated carbocycles. The Balaban J connectivity index is 1.88. The number of anilines is 1. The van der Waals surface area contributed by atoms with E-state index >= 15 is 0 Å². The van der Waals surface area contributed by atoms with Crippen molar-refractivity contribution in [2.75, 3.05) is 25.1 Å². The number of nitrogen functional groups attached to an aromatic ring is 1. The fourth-order valence-corrected chi connectivity index (χ4v) is 2.57. The lowest BCUT2D eigenvalue weighted by Gasteiger charge is -2.08. The van der Waals surface area contributed by atoms with Crippen molar-refractivity contribution in [3.05, 3.63) is 36.8 Å². The van der Waals surface area contributed by atoms with Gasteiger partial charge in [-0.1, -0.05) is 24.1 Å². The third-order valence-electron chi connectivity index (χ3n) is 3.26. The summed E-state index contributed by atoms with van der Waals surface area (Å²) in [4.78, 5) is 11.4. The van der Waals surface area contributed by atoms with E-state index in [1.165, 1.54) is 6.33 Å². The smallest absolute Gasteiger partial charge is 0.143 e. The van der Waals surface area contributed by atoms with E-state index in [9.17, 15) is 0 Å². The molecule has 0 unspecified atom stereocenters. The second-order valence-electron chi connectivity index (χ2n) is 4.66. The van der Waals surface area contributed by atoms with Gasteiger partial charge in [0.1, 0.15) is 30.1 Å². The minimum Gasteiger partial charge on any atom is -0.492 e. The van der Waals surface area contributed by atoms with E-state index in [-0.39, 0.29) is 0 Å². The van der Waals surface area contributed by atoms with Gasteiger partial charge >= 0.3 is 0 Å². The van der Waals surface area contributed by atoms with Crippen molar-refractivity contribution in [3.63, 3.8) is 0 Å². The molecule has 0 aliphatic carbocycles. The molecule has 0 amide bonds.